The molecule has 0 saturated carbocycles. The number of rotatable bonds is 9. The van der Waals surface area contributed by atoms with Crippen LogP contribution in [-0.4, -0.2) is 19.6 Å². The number of methoxy groups -OCH3 is 1. The Morgan fingerprint density at radius 1 is 1.23 bits per heavy atom. The van der Waals surface area contributed by atoms with Crippen molar-refractivity contribution in [3.8, 4) is 0 Å². The molecular formula is C27H32BrNO2. The third-order valence-electron chi connectivity index (χ3n) is 6.36. The average Bonchev–Trinajstić information content (AvgIpc) is 3.09. The first-order valence-electron chi connectivity index (χ1n) is 11.0. The molecule has 2 aromatic carbocycles. The van der Waals surface area contributed by atoms with E-state index in [2.05, 4.69) is 78.2 Å². The predicted molar refractivity (Wildman–Crippen MR) is 134 cm³/mol. The summed E-state index contributed by atoms with van der Waals surface area (Å²) >= 11 is 3.59. The fourth-order valence-corrected chi connectivity index (χ4v) is 5.32. The smallest absolute Gasteiger partial charge is 0.337 e. The molecule has 0 aliphatic carbocycles. The SMILES string of the molecule is C=Cc1ccccc1C1C(C(CC)CCC)c2ccc(C(=O)OC)cc2N1CC(=C)Br. The Morgan fingerprint density at radius 2 is 1.97 bits per heavy atom. The molecule has 1 aliphatic heterocycles. The molecule has 3 unspecified atom stereocenters. The Balaban J connectivity index is 2.26. The van der Waals surface area contributed by atoms with Gasteiger partial charge in [-0.3, -0.25) is 0 Å². The Labute approximate surface area is 194 Å². The maximum atomic E-state index is 12.3. The van der Waals surface area contributed by atoms with Gasteiger partial charge in [0.15, 0.2) is 0 Å². The van der Waals surface area contributed by atoms with Crippen LogP contribution in [0.1, 0.15) is 72.1 Å². The number of hydrogen-bond donors (Lipinski definition) is 0. The highest BCUT2D eigenvalue weighted by Crippen LogP contribution is 2.55. The molecule has 0 saturated heterocycles. The second-order valence-corrected chi connectivity index (χ2v) is 9.29. The number of nitrogens with zero attached hydrogens (tertiary/aromatic N) is 1. The highest BCUT2D eigenvalue weighted by Gasteiger charge is 2.43. The van der Waals surface area contributed by atoms with Gasteiger partial charge in [-0.1, -0.05) is 98.6 Å². The quantitative estimate of drug-likeness (QED) is 0.347. The molecule has 0 aromatic heterocycles. The molecule has 1 heterocycles. The molecule has 3 rings (SSSR count). The van der Waals surface area contributed by atoms with Crippen molar-refractivity contribution >= 4 is 33.7 Å². The van der Waals surface area contributed by atoms with Crippen LogP contribution in [0.25, 0.3) is 6.08 Å². The van der Waals surface area contributed by atoms with E-state index >= 15 is 0 Å². The summed E-state index contributed by atoms with van der Waals surface area (Å²) in [4.78, 5) is 14.7. The van der Waals surface area contributed by atoms with Crippen molar-refractivity contribution in [2.75, 3.05) is 18.6 Å². The van der Waals surface area contributed by atoms with Crippen LogP contribution < -0.4 is 4.90 Å². The molecule has 0 fully saturated rings. The van der Waals surface area contributed by atoms with E-state index < -0.39 is 0 Å². The lowest BCUT2D eigenvalue weighted by atomic mass is 9.76. The molecule has 3 atom stereocenters. The van der Waals surface area contributed by atoms with Gasteiger partial charge in [-0.15, -0.1) is 0 Å². The standard InChI is InChI=1S/C27H32BrNO2/c1-6-11-20(8-3)25-23-15-14-21(27(30)31-5)16-24(23)29(17-18(4)28)26(25)22-13-10-9-12-19(22)7-2/h7,9-10,12-16,20,25-26H,2,4,6,8,11,17H2,1,3,5H3. The van der Waals surface area contributed by atoms with E-state index in [0.717, 1.165) is 35.0 Å². The summed E-state index contributed by atoms with van der Waals surface area (Å²) in [6, 6.07) is 14.7. The van der Waals surface area contributed by atoms with E-state index in [-0.39, 0.29) is 12.0 Å². The van der Waals surface area contributed by atoms with E-state index in [9.17, 15) is 4.79 Å². The van der Waals surface area contributed by atoms with Crippen molar-refractivity contribution in [1.29, 1.82) is 0 Å². The van der Waals surface area contributed by atoms with Gasteiger partial charge in [0.1, 0.15) is 0 Å². The molecule has 0 radical (unpaired) electrons. The van der Waals surface area contributed by atoms with Gasteiger partial charge in [-0.05, 0) is 34.7 Å². The average molecular weight is 482 g/mol. The van der Waals surface area contributed by atoms with Gasteiger partial charge >= 0.3 is 5.97 Å². The number of benzene rings is 2. The zero-order valence-corrected chi connectivity index (χ0v) is 20.3. The van der Waals surface area contributed by atoms with Crippen LogP contribution in [0.5, 0.6) is 0 Å². The van der Waals surface area contributed by atoms with Gasteiger partial charge in [0, 0.05) is 22.6 Å². The van der Waals surface area contributed by atoms with Gasteiger partial charge in [-0.2, -0.15) is 0 Å². The summed E-state index contributed by atoms with van der Waals surface area (Å²) < 4.78 is 5.91. The minimum absolute atomic E-state index is 0.142. The van der Waals surface area contributed by atoms with E-state index in [1.165, 1.54) is 18.2 Å². The Morgan fingerprint density at radius 3 is 2.58 bits per heavy atom. The number of ether oxygens (including phenoxy) is 1. The number of carbonyl (C=O) groups is 1. The maximum absolute atomic E-state index is 12.3. The Hall–Kier alpha value is -2.33. The van der Waals surface area contributed by atoms with Crippen molar-refractivity contribution in [3.63, 3.8) is 0 Å². The molecule has 2 aromatic rings. The zero-order valence-electron chi connectivity index (χ0n) is 18.7. The van der Waals surface area contributed by atoms with Crippen LogP contribution in [0.2, 0.25) is 0 Å². The van der Waals surface area contributed by atoms with Crippen LogP contribution >= 0.6 is 15.9 Å². The normalized spacial score (nSPS) is 18.4. The fourth-order valence-electron chi connectivity index (χ4n) is 5.05. The van der Waals surface area contributed by atoms with Gasteiger partial charge in [0.2, 0.25) is 0 Å². The minimum atomic E-state index is -0.312. The monoisotopic (exact) mass is 481 g/mol. The molecule has 0 N–H and O–H groups in total. The number of hydrogen-bond acceptors (Lipinski definition) is 3. The van der Waals surface area contributed by atoms with Crippen molar-refractivity contribution < 1.29 is 9.53 Å². The van der Waals surface area contributed by atoms with E-state index in [1.54, 1.807) is 0 Å². The number of halogens is 1. The predicted octanol–water partition coefficient (Wildman–Crippen LogP) is 7.50. The zero-order chi connectivity index (χ0) is 22.5. The molecule has 0 bridgehead atoms. The van der Waals surface area contributed by atoms with Crippen LogP contribution in [0, 0.1) is 5.92 Å². The summed E-state index contributed by atoms with van der Waals surface area (Å²) in [5, 5.41) is 0. The lowest BCUT2D eigenvalue weighted by Crippen LogP contribution is -2.31. The second kappa shape index (κ2) is 10.3. The van der Waals surface area contributed by atoms with Crippen molar-refractivity contribution in [2.24, 2.45) is 5.92 Å². The Bertz CT molecular complexity index is 967. The summed E-state index contributed by atoms with van der Waals surface area (Å²) in [5.74, 6) is 0.538. The molecule has 3 nitrogen and oxygen atoms in total. The number of esters is 1. The molecular weight excluding hydrogens is 450 g/mol. The number of anilines is 1. The molecule has 4 heteroatoms. The van der Waals surface area contributed by atoms with Crippen molar-refractivity contribution in [3.05, 3.63) is 82.4 Å². The first kappa shape index (κ1) is 23.3. The lowest BCUT2D eigenvalue weighted by molar-refractivity contribution is 0.0601. The molecule has 0 amide bonds. The summed E-state index contributed by atoms with van der Waals surface area (Å²) in [6.07, 6.45) is 5.35. The summed E-state index contributed by atoms with van der Waals surface area (Å²) in [6.45, 7) is 13.4. The van der Waals surface area contributed by atoms with Crippen LogP contribution in [-0.2, 0) is 4.74 Å². The molecule has 164 valence electrons. The lowest BCUT2D eigenvalue weighted by Gasteiger charge is -2.35. The van der Waals surface area contributed by atoms with Crippen molar-refractivity contribution in [1.82, 2.24) is 0 Å². The maximum Gasteiger partial charge on any atom is 0.337 e. The first-order valence-corrected chi connectivity index (χ1v) is 11.8. The highest BCUT2D eigenvalue weighted by molar-refractivity contribution is 9.11. The third-order valence-corrected chi connectivity index (χ3v) is 6.61. The third kappa shape index (κ3) is 4.64. The van der Waals surface area contributed by atoms with Gasteiger partial charge < -0.3 is 9.64 Å². The van der Waals surface area contributed by atoms with Crippen LogP contribution in [0.3, 0.4) is 0 Å². The topological polar surface area (TPSA) is 29.5 Å². The number of fused-ring (bicyclic) bond motifs is 1. The van der Waals surface area contributed by atoms with Gasteiger partial charge in [-0.25, -0.2) is 4.79 Å². The van der Waals surface area contributed by atoms with E-state index in [1.807, 2.05) is 18.2 Å². The minimum Gasteiger partial charge on any atom is -0.465 e. The van der Waals surface area contributed by atoms with Crippen LogP contribution in [0.4, 0.5) is 5.69 Å². The summed E-state index contributed by atoms with van der Waals surface area (Å²) in [5.41, 5.74) is 5.38. The fraction of sp³-hybridized carbons (Fsp3) is 0.370. The first-order chi connectivity index (χ1) is 15.0. The summed E-state index contributed by atoms with van der Waals surface area (Å²) in [7, 11) is 1.42. The number of carbonyl (C=O) groups excluding carboxylic acids is 1. The van der Waals surface area contributed by atoms with E-state index in [4.69, 9.17) is 4.74 Å². The van der Waals surface area contributed by atoms with Gasteiger partial charge in [0.05, 0.1) is 18.7 Å². The van der Waals surface area contributed by atoms with E-state index in [0.29, 0.717) is 23.9 Å². The molecule has 1 aliphatic rings. The van der Waals surface area contributed by atoms with Gasteiger partial charge in [0.25, 0.3) is 0 Å². The highest BCUT2D eigenvalue weighted by atomic mass is 79.9. The largest absolute Gasteiger partial charge is 0.465 e. The van der Waals surface area contributed by atoms with Crippen molar-refractivity contribution in [2.45, 2.75) is 45.1 Å². The molecule has 31 heavy (non-hydrogen) atoms. The van der Waals surface area contributed by atoms with Crippen LogP contribution in [0.15, 0.2) is 60.1 Å². The molecule has 0 spiro atoms. The Kier molecular flexibility index (Phi) is 7.77. The second-order valence-electron chi connectivity index (χ2n) is 8.17.